The first-order chi connectivity index (χ1) is 11.3. The Labute approximate surface area is 136 Å². The molecule has 3 aromatic rings. The molecule has 0 saturated carbocycles. The number of hydrogen-bond donors (Lipinski definition) is 1. The summed E-state index contributed by atoms with van der Waals surface area (Å²) in [5, 5.41) is 9.27. The van der Waals surface area contributed by atoms with Gasteiger partial charge in [-0.2, -0.15) is 5.10 Å². The quantitative estimate of drug-likeness (QED) is 0.808. The molecule has 23 heavy (non-hydrogen) atoms. The predicted octanol–water partition coefficient (Wildman–Crippen LogP) is 2.87. The molecule has 0 spiro atoms. The second-order valence-electron chi connectivity index (χ2n) is 6.26. The monoisotopic (exact) mass is 306 g/mol. The van der Waals surface area contributed by atoms with Gasteiger partial charge in [-0.15, -0.1) is 0 Å². The van der Waals surface area contributed by atoms with Gasteiger partial charge in [0.1, 0.15) is 0 Å². The van der Waals surface area contributed by atoms with Crippen LogP contribution in [0.25, 0.3) is 22.0 Å². The number of nitrogens with one attached hydrogen (secondary N) is 1. The van der Waals surface area contributed by atoms with E-state index in [4.69, 9.17) is 0 Å². The van der Waals surface area contributed by atoms with Gasteiger partial charge >= 0.3 is 0 Å². The first-order valence-electron chi connectivity index (χ1n) is 8.26. The van der Waals surface area contributed by atoms with Crippen molar-refractivity contribution in [2.24, 2.45) is 0 Å². The van der Waals surface area contributed by atoms with Crippen molar-refractivity contribution in [2.75, 3.05) is 26.2 Å². The summed E-state index contributed by atoms with van der Waals surface area (Å²) in [6.07, 6.45) is 2.01. The van der Waals surface area contributed by atoms with Gasteiger partial charge in [-0.3, -0.25) is 9.58 Å². The molecule has 1 aliphatic rings. The van der Waals surface area contributed by atoms with Crippen LogP contribution in [0.1, 0.15) is 5.56 Å². The maximum absolute atomic E-state index is 4.65. The molecule has 1 fully saturated rings. The topological polar surface area (TPSA) is 33.1 Å². The van der Waals surface area contributed by atoms with Crippen LogP contribution in [0, 0.1) is 6.92 Å². The van der Waals surface area contributed by atoms with Gasteiger partial charge in [-0.25, -0.2) is 0 Å². The van der Waals surface area contributed by atoms with E-state index in [9.17, 15) is 0 Å². The number of aromatic nitrogens is 2. The number of piperazine rings is 1. The lowest BCUT2D eigenvalue weighted by molar-refractivity contribution is 0.187. The van der Waals surface area contributed by atoms with Crippen LogP contribution < -0.4 is 5.32 Å². The highest BCUT2D eigenvalue weighted by molar-refractivity contribution is 5.94. The minimum absolute atomic E-state index is 0.864. The summed E-state index contributed by atoms with van der Waals surface area (Å²) in [5.74, 6) is 0. The molecule has 0 atom stereocenters. The van der Waals surface area contributed by atoms with Crippen LogP contribution in [0.15, 0.2) is 48.7 Å². The molecular weight excluding hydrogens is 284 g/mol. The van der Waals surface area contributed by atoms with Gasteiger partial charge in [0.15, 0.2) is 0 Å². The smallest absolute Gasteiger partial charge is 0.0936 e. The molecule has 0 radical (unpaired) electrons. The summed E-state index contributed by atoms with van der Waals surface area (Å²) in [5.41, 5.74) is 5.01. The van der Waals surface area contributed by atoms with E-state index in [-0.39, 0.29) is 0 Å². The summed E-state index contributed by atoms with van der Waals surface area (Å²) >= 11 is 0. The summed E-state index contributed by atoms with van der Waals surface area (Å²) in [6, 6.07) is 15.2. The first-order valence-corrected chi connectivity index (χ1v) is 8.26. The largest absolute Gasteiger partial charge is 0.314 e. The van der Waals surface area contributed by atoms with Gasteiger partial charge in [0.25, 0.3) is 0 Å². The summed E-state index contributed by atoms with van der Waals surface area (Å²) < 4.78 is 2.12. The predicted molar refractivity (Wildman–Crippen MR) is 94.3 cm³/mol. The first kappa shape index (κ1) is 14.4. The van der Waals surface area contributed by atoms with E-state index in [0.717, 1.165) is 32.8 Å². The Balaban J connectivity index is 1.69. The minimum atomic E-state index is 0.864. The van der Waals surface area contributed by atoms with Crippen molar-refractivity contribution >= 4 is 10.9 Å². The lowest BCUT2D eigenvalue weighted by atomic mass is 10.0. The molecule has 1 aromatic heterocycles. The van der Waals surface area contributed by atoms with Crippen LogP contribution in [0.3, 0.4) is 0 Å². The molecule has 2 aromatic carbocycles. The summed E-state index contributed by atoms with van der Waals surface area (Å²) in [4.78, 5) is 2.45. The van der Waals surface area contributed by atoms with Crippen LogP contribution in [0.2, 0.25) is 0 Å². The Hall–Kier alpha value is -2.17. The highest BCUT2D eigenvalue weighted by Gasteiger charge is 2.13. The van der Waals surface area contributed by atoms with E-state index in [0.29, 0.717) is 0 Å². The zero-order chi connectivity index (χ0) is 15.6. The van der Waals surface area contributed by atoms with Crippen molar-refractivity contribution < 1.29 is 0 Å². The number of hydrogen-bond acceptors (Lipinski definition) is 3. The van der Waals surface area contributed by atoms with Crippen molar-refractivity contribution in [3.05, 3.63) is 54.2 Å². The third-order valence-corrected chi connectivity index (χ3v) is 4.59. The van der Waals surface area contributed by atoms with Crippen molar-refractivity contribution in [2.45, 2.75) is 13.6 Å². The van der Waals surface area contributed by atoms with Crippen LogP contribution >= 0.6 is 0 Å². The van der Waals surface area contributed by atoms with Crippen molar-refractivity contribution in [1.82, 2.24) is 20.0 Å². The molecule has 4 nitrogen and oxygen atoms in total. The fraction of sp³-hybridized carbons (Fsp3) is 0.316. The van der Waals surface area contributed by atoms with E-state index in [2.05, 4.69) is 69.4 Å². The van der Waals surface area contributed by atoms with Crippen molar-refractivity contribution in [1.29, 1.82) is 0 Å². The fourth-order valence-electron chi connectivity index (χ4n) is 3.24. The molecule has 0 bridgehead atoms. The Kier molecular flexibility index (Phi) is 3.85. The SMILES string of the molecule is Cc1ccc(-c2cccc3c2cnn3CN2CCNCC2)cc1. The summed E-state index contributed by atoms with van der Waals surface area (Å²) in [7, 11) is 0. The molecule has 1 aliphatic heterocycles. The molecule has 4 heteroatoms. The molecule has 0 unspecified atom stereocenters. The molecule has 0 amide bonds. The van der Waals surface area contributed by atoms with E-state index in [1.165, 1.54) is 27.6 Å². The Morgan fingerprint density at radius 1 is 1.04 bits per heavy atom. The molecular formula is C19H22N4. The van der Waals surface area contributed by atoms with Crippen LogP contribution in [0.4, 0.5) is 0 Å². The van der Waals surface area contributed by atoms with Crippen LogP contribution in [-0.4, -0.2) is 40.9 Å². The summed E-state index contributed by atoms with van der Waals surface area (Å²) in [6.45, 7) is 7.28. The van der Waals surface area contributed by atoms with Gasteiger partial charge in [-0.1, -0.05) is 42.0 Å². The average molecular weight is 306 g/mol. The number of rotatable bonds is 3. The minimum Gasteiger partial charge on any atom is -0.314 e. The van der Waals surface area contributed by atoms with Gasteiger partial charge in [-0.05, 0) is 24.1 Å². The lowest BCUT2D eigenvalue weighted by Gasteiger charge is -2.27. The van der Waals surface area contributed by atoms with Crippen molar-refractivity contribution in [3.8, 4) is 11.1 Å². The standard InChI is InChI=1S/C19H22N4/c1-15-5-7-16(8-6-15)17-3-2-4-19-18(17)13-21-23(19)14-22-11-9-20-10-12-22/h2-8,13,20H,9-12,14H2,1H3. The third kappa shape index (κ3) is 2.87. The lowest BCUT2D eigenvalue weighted by Crippen LogP contribution is -2.44. The van der Waals surface area contributed by atoms with E-state index >= 15 is 0 Å². The van der Waals surface area contributed by atoms with Gasteiger partial charge in [0.2, 0.25) is 0 Å². The van der Waals surface area contributed by atoms with E-state index < -0.39 is 0 Å². The van der Waals surface area contributed by atoms with E-state index in [1.807, 2.05) is 6.20 Å². The average Bonchev–Trinajstić information content (AvgIpc) is 3.00. The highest BCUT2D eigenvalue weighted by atomic mass is 15.4. The Morgan fingerprint density at radius 2 is 1.83 bits per heavy atom. The number of aryl methyl sites for hydroxylation is 1. The normalized spacial score (nSPS) is 16.0. The fourth-order valence-corrected chi connectivity index (χ4v) is 3.24. The number of benzene rings is 2. The molecule has 1 saturated heterocycles. The van der Waals surface area contributed by atoms with Crippen molar-refractivity contribution in [3.63, 3.8) is 0 Å². The van der Waals surface area contributed by atoms with Gasteiger partial charge in [0.05, 0.1) is 18.4 Å². The van der Waals surface area contributed by atoms with Gasteiger partial charge < -0.3 is 5.32 Å². The molecule has 4 rings (SSSR count). The maximum Gasteiger partial charge on any atom is 0.0936 e. The zero-order valence-corrected chi connectivity index (χ0v) is 13.5. The van der Waals surface area contributed by atoms with Crippen LogP contribution in [0.5, 0.6) is 0 Å². The maximum atomic E-state index is 4.65. The third-order valence-electron chi connectivity index (χ3n) is 4.59. The molecule has 0 aliphatic carbocycles. The molecule has 2 heterocycles. The molecule has 1 N–H and O–H groups in total. The van der Waals surface area contributed by atoms with Crippen LogP contribution in [-0.2, 0) is 6.67 Å². The Bertz CT molecular complexity index is 798. The van der Waals surface area contributed by atoms with Gasteiger partial charge in [0, 0.05) is 31.6 Å². The Morgan fingerprint density at radius 3 is 2.61 bits per heavy atom. The second-order valence-corrected chi connectivity index (χ2v) is 6.26. The number of nitrogens with zero attached hydrogens (tertiary/aromatic N) is 3. The highest BCUT2D eigenvalue weighted by Crippen LogP contribution is 2.28. The zero-order valence-electron chi connectivity index (χ0n) is 13.5. The molecule has 118 valence electrons. The second kappa shape index (κ2) is 6.14. The van der Waals surface area contributed by atoms with E-state index in [1.54, 1.807) is 0 Å². The number of fused-ring (bicyclic) bond motifs is 1.